The fourth-order valence-corrected chi connectivity index (χ4v) is 1.02. The van der Waals surface area contributed by atoms with Crippen molar-refractivity contribution in [3.05, 3.63) is 35.7 Å². The van der Waals surface area contributed by atoms with Gasteiger partial charge in [0.2, 0.25) is 0 Å². The van der Waals surface area contributed by atoms with E-state index in [1.54, 1.807) is 6.20 Å². The second kappa shape index (κ2) is 8.77. The molecule has 0 radical (unpaired) electrons. The number of carbonyl (C=O) groups is 1. The van der Waals surface area contributed by atoms with E-state index in [1.165, 1.54) is 0 Å². The number of rotatable bonds is 5. The Balaban J connectivity index is 4.28. The second-order valence-corrected chi connectivity index (χ2v) is 3.46. The first kappa shape index (κ1) is 14.5. The van der Waals surface area contributed by atoms with Crippen LogP contribution in [0.5, 0.6) is 0 Å². The summed E-state index contributed by atoms with van der Waals surface area (Å²) in [6, 6.07) is -0.193. The van der Waals surface area contributed by atoms with Crippen LogP contribution in [0.2, 0.25) is 0 Å². The molecule has 0 saturated heterocycles. The fraction of sp³-hybridized carbons (Fsp3) is 0.462. The van der Waals surface area contributed by atoms with Gasteiger partial charge in [0.1, 0.15) is 0 Å². The normalized spacial score (nSPS) is 13.0. The highest BCUT2D eigenvalue weighted by Crippen LogP contribution is 2.02. The van der Waals surface area contributed by atoms with Crippen molar-refractivity contribution in [2.45, 2.75) is 40.5 Å². The van der Waals surface area contributed by atoms with Crippen LogP contribution in [-0.2, 0) is 0 Å². The Hall–Kier alpha value is -1.51. The quantitative estimate of drug-likeness (QED) is 0.687. The minimum Gasteiger partial charge on any atom is -0.315 e. The van der Waals surface area contributed by atoms with Crippen LogP contribution in [0.15, 0.2) is 35.7 Å². The molecule has 0 aromatic heterocycles. The van der Waals surface area contributed by atoms with Gasteiger partial charge in [0, 0.05) is 11.9 Å². The van der Waals surface area contributed by atoms with E-state index in [9.17, 15) is 4.79 Å². The first-order valence-corrected chi connectivity index (χ1v) is 5.70. The van der Waals surface area contributed by atoms with Crippen LogP contribution in [0.3, 0.4) is 0 Å². The SMILES string of the molecule is C/C=C(C)\C=C(/CC)NC(=O)N/C=C\CC. The van der Waals surface area contributed by atoms with Gasteiger partial charge in [-0.25, -0.2) is 4.79 Å². The van der Waals surface area contributed by atoms with E-state index in [1.807, 2.05) is 45.9 Å². The van der Waals surface area contributed by atoms with Crippen molar-refractivity contribution < 1.29 is 4.79 Å². The van der Waals surface area contributed by atoms with Crippen molar-refractivity contribution in [2.75, 3.05) is 0 Å². The summed E-state index contributed by atoms with van der Waals surface area (Å²) in [6.45, 7) is 8.01. The minimum absolute atomic E-state index is 0.193. The van der Waals surface area contributed by atoms with Crippen molar-refractivity contribution in [1.29, 1.82) is 0 Å². The summed E-state index contributed by atoms with van der Waals surface area (Å²) >= 11 is 0. The number of urea groups is 1. The highest BCUT2D eigenvalue weighted by molar-refractivity contribution is 5.76. The average Bonchev–Trinajstić information content (AvgIpc) is 2.28. The molecule has 0 fully saturated rings. The third kappa shape index (κ3) is 6.87. The van der Waals surface area contributed by atoms with Gasteiger partial charge in [-0.15, -0.1) is 0 Å². The van der Waals surface area contributed by atoms with E-state index in [-0.39, 0.29) is 6.03 Å². The van der Waals surface area contributed by atoms with Crippen LogP contribution < -0.4 is 10.6 Å². The Labute approximate surface area is 98.3 Å². The molecule has 0 aromatic rings. The maximum atomic E-state index is 11.4. The third-order valence-corrected chi connectivity index (χ3v) is 2.08. The average molecular weight is 222 g/mol. The third-order valence-electron chi connectivity index (χ3n) is 2.08. The van der Waals surface area contributed by atoms with E-state index in [2.05, 4.69) is 10.6 Å². The molecule has 0 unspecified atom stereocenters. The predicted octanol–water partition coefficient (Wildman–Crippen LogP) is 3.47. The summed E-state index contributed by atoms with van der Waals surface area (Å²) < 4.78 is 0. The summed E-state index contributed by atoms with van der Waals surface area (Å²) in [7, 11) is 0. The summed E-state index contributed by atoms with van der Waals surface area (Å²) in [6.07, 6.45) is 9.25. The zero-order valence-electron chi connectivity index (χ0n) is 10.6. The monoisotopic (exact) mass is 222 g/mol. The summed E-state index contributed by atoms with van der Waals surface area (Å²) in [5, 5.41) is 5.46. The van der Waals surface area contributed by atoms with Gasteiger partial charge < -0.3 is 10.6 Å². The van der Waals surface area contributed by atoms with Crippen LogP contribution in [0.25, 0.3) is 0 Å². The van der Waals surface area contributed by atoms with E-state index >= 15 is 0 Å². The first-order chi connectivity index (χ1) is 7.63. The van der Waals surface area contributed by atoms with Crippen molar-refractivity contribution in [3.63, 3.8) is 0 Å². The van der Waals surface area contributed by atoms with Crippen LogP contribution in [0, 0.1) is 0 Å². The number of nitrogens with one attached hydrogen (secondary N) is 2. The van der Waals surface area contributed by atoms with Gasteiger partial charge >= 0.3 is 6.03 Å². The Bertz CT molecular complexity index is 301. The molecular formula is C13H22N2O. The molecule has 0 bridgehead atoms. The van der Waals surface area contributed by atoms with Crippen molar-refractivity contribution in [1.82, 2.24) is 10.6 Å². The number of amides is 2. The Morgan fingerprint density at radius 2 is 2.00 bits per heavy atom. The molecule has 0 saturated carbocycles. The van der Waals surface area contributed by atoms with Gasteiger partial charge in [-0.1, -0.05) is 31.6 Å². The van der Waals surface area contributed by atoms with Gasteiger partial charge in [0.15, 0.2) is 0 Å². The molecule has 3 heteroatoms. The molecule has 90 valence electrons. The molecule has 16 heavy (non-hydrogen) atoms. The molecule has 0 aliphatic carbocycles. The molecular weight excluding hydrogens is 200 g/mol. The van der Waals surface area contributed by atoms with E-state index < -0.39 is 0 Å². The molecule has 0 aliphatic rings. The first-order valence-electron chi connectivity index (χ1n) is 5.70. The van der Waals surface area contributed by atoms with E-state index in [0.29, 0.717) is 0 Å². The molecule has 0 aliphatic heterocycles. The van der Waals surface area contributed by atoms with Crippen molar-refractivity contribution in [3.8, 4) is 0 Å². The molecule has 0 aromatic carbocycles. The van der Waals surface area contributed by atoms with Crippen LogP contribution >= 0.6 is 0 Å². The number of hydrogen-bond donors (Lipinski definition) is 2. The zero-order valence-corrected chi connectivity index (χ0v) is 10.6. The highest BCUT2D eigenvalue weighted by atomic mass is 16.2. The van der Waals surface area contributed by atoms with Crippen LogP contribution in [-0.4, -0.2) is 6.03 Å². The second-order valence-electron chi connectivity index (χ2n) is 3.46. The van der Waals surface area contributed by atoms with Gasteiger partial charge in [0.05, 0.1) is 0 Å². The Morgan fingerprint density at radius 1 is 1.31 bits per heavy atom. The molecule has 0 rings (SSSR count). The molecule has 3 nitrogen and oxygen atoms in total. The lowest BCUT2D eigenvalue weighted by molar-refractivity contribution is 0.246. The van der Waals surface area contributed by atoms with Crippen LogP contribution in [0.4, 0.5) is 4.79 Å². The van der Waals surface area contributed by atoms with Crippen molar-refractivity contribution in [2.24, 2.45) is 0 Å². The Morgan fingerprint density at radius 3 is 2.50 bits per heavy atom. The standard InChI is InChI=1S/C13H22N2O/c1-5-8-9-14-13(16)15-12(7-3)10-11(4)6-2/h6,8-10H,5,7H2,1-4H3,(H2,14,15,16)/b9-8-,11-6-,12-10+. The lowest BCUT2D eigenvalue weighted by Crippen LogP contribution is -2.31. The topological polar surface area (TPSA) is 41.1 Å². The van der Waals surface area contributed by atoms with Gasteiger partial charge in [-0.2, -0.15) is 0 Å². The predicted molar refractivity (Wildman–Crippen MR) is 68.9 cm³/mol. The molecule has 0 heterocycles. The van der Waals surface area contributed by atoms with E-state index in [0.717, 1.165) is 24.1 Å². The zero-order chi connectivity index (χ0) is 12.4. The number of allylic oxidation sites excluding steroid dienone is 5. The van der Waals surface area contributed by atoms with E-state index in [4.69, 9.17) is 0 Å². The number of hydrogen-bond acceptors (Lipinski definition) is 1. The minimum atomic E-state index is -0.193. The van der Waals surface area contributed by atoms with Crippen LogP contribution in [0.1, 0.15) is 40.5 Å². The lowest BCUT2D eigenvalue weighted by Gasteiger charge is -2.07. The maximum Gasteiger partial charge on any atom is 0.322 e. The molecule has 2 N–H and O–H groups in total. The van der Waals surface area contributed by atoms with Gasteiger partial charge in [0.25, 0.3) is 0 Å². The number of carbonyl (C=O) groups excluding carboxylic acids is 1. The lowest BCUT2D eigenvalue weighted by atomic mass is 10.2. The smallest absolute Gasteiger partial charge is 0.315 e. The largest absolute Gasteiger partial charge is 0.322 e. The molecule has 0 atom stereocenters. The van der Waals surface area contributed by atoms with Gasteiger partial charge in [-0.05, 0) is 32.8 Å². The van der Waals surface area contributed by atoms with Crippen molar-refractivity contribution >= 4 is 6.03 Å². The maximum absolute atomic E-state index is 11.4. The Kier molecular flexibility index (Phi) is 7.94. The highest BCUT2D eigenvalue weighted by Gasteiger charge is 1.99. The molecule has 0 spiro atoms. The summed E-state index contributed by atoms with van der Waals surface area (Å²) in [5.41, 5.74) is 2.05. The summed E-state index contributed by atoms with van der Waals surface area (Å²) in [4.78, 5) is 11.4. The molecule has 2 amide bonds. The summed E-state index contributed by atoms with van der Waals surface area (Å²) in [5.74, 6) is 0. The van der Waals surface area contributed by atoms with Gasteiger partial charge in [-0.3, -0.25) is 0 Å². The fourth-order valence-electron chi connectivity index (χ4n) is 1.02.